The van der Waals surface area contributed by atoms with Crippen LogP contribution in [-0.4, -0.2) is 33.6 Å². The second-order valence-corrected chi connectivity index (χ2v) is 5.37. The van der Waals surface area contributed by atoms with Crippen LogP contribution in [0.25, 0.3) is 0 Å². The Morgan fingerprint density at radius 2 is 2.00 bits per heavy atom. The van der Waals surface area contributed by atoms with Gasteiger partial charge in [0.25, 0.3) is 0 Å². The van der Waals surface area contributed by atoms with Crippen LogP contribution in [0.3, 0.4) is 0 Å². The highest BCUT2D eigenvalue weighted by atomic mass is 16.2. The Labute approximate surface area is 124 Å². The van der Waals surface area contributed by atoms with Crippen LogP contribution in [0.1, 0.15) is 24.4 Å². The normalized spacial score (nSPS) is 15.9. The van der Waals surface area contributed by atoms with Crippen LogP contribution in [0.2, 0.25) is 0 Å². The van der Waals surface area contributed by atoms with E-state index in [2.05, 4.69) is 10.3 Å². The first kappa shape index (κ1) is 13.7. The maximum Gasteiger partial charge on any atom is 0.317 e. The Bertz CT molecular complexity index is 561. The molecule has 0 unspecified atom stereocenters. The number of aromatic nitrogens is 2. The number of hydrogen-bond donors (Lipinski definition) is 1. The van der Waals surface area contributed by atoms with E-state index in [0.717, 1.165) is 31.5 Å². The number of carbonyl (C=O) groups excluding carboxylic acids is 1. The zero-order valence-corrected chi connectivity index (χ0v) is 12.0. The summed E-state index contributed by atoms with van der Waals surface area (Å²) in [6.07, 6.45) is 7.65. The van der Waals surface area contributed by atoms with Crippen molar-refractivity contribution in [2.24, 2.45) is 0 Å². The van der Waals surface area contributed by atoms with E-state index >= 15 is 0 Å². The Morgan fingerprint density at radius 3 is 2.67 bits per heavy atom. The number of amides is 2. The van der Waals surface area contributed by atoms with Gasteiger partial charge in [-0.1, -0.05) is 30.3 Å². The number of imidazole rings is 1. The molecule has 0 aliphatic carbocycles. The minimum Gasteiger partial charge on any atom is -0.335 e. The van der Waals surface area contributed by atoms with Crippen molar-refractivity contribution in [3.8, 4) is 0 Å². The fraction of sp³-hybridized carbons (Fsp3) is 0.375. The number of benzene rings is 1. The van der Waals surface area contributed by atoms with Crippen LogP contribution in [0, 0.1) is 0 Å². The Morgan fingerprint density at radius 1 is 1.24 bits per heavy atom. The summed E-state index contributed by atoms with van der Waals surface area (Å²) in [7, 11) is 0. The van der Waals surface area contributed by atoms with Gasteiger partial charge in [0.15, 0.2) is 0 Å². The van der Waals surface area contributed by atoms with E-state index in [0.29, 0.717) is 6.54 Å². The fourth-order valence-corrected chi connectivity index (χ4v) is 2.69. The van der Waals surface area contributed by atoms with Crippen LogP contribution in [0.4, 0.5) is 4.79 Å². The van der Waals surface area contributed by atoms with Gasteiger partial charge in [0.05, 0.1) is 12.4 Å². The quantitative estimate of drug-likeness (QED) is 0.937. The Balaban J connectivity index is 1.73. The lowest BCUT2D eigenvalue weighted by Crippen LogP contribution is -2.41. The number of nitrogens with one attached hydrogen (secondary N) is 1. The van der Waals surface area contributed by atoms with Gasteiger partial charge in [0.1, 0.15) is 0 Å². The summed E-state index contributed by atoms with van der Waals surface area (Å²) >= 11 is 0. The van der Waals surface area contributed by atoms with E-state index in [-0.39, 0.29) is 12.1 Å². The van der Waals surface area contributed by atoms with E-state index in [9.17, 15) is 4.79 Å². The van der Waals surface area contributed by atoms with Gasteiger partial charge >= 0.3 is 6.03 Å². The molecule has 2 amide bonds. The third-order valence-electron chi connectivity index (χ3n) is 3.85. The van der Waals surface area contributed by atoms with Crippen molar-refractivity contribution in [1.82, 2.24) is 19.8 Å². The molecule has 0 saturated carbocycles. The highest BCUT2D eigenvalue weighted by molar-refractivity contribution is 5.75. The zero-order chi connectivity index (χ0) is 14.5. The lowest BCUT2D eigenvalue weighted by Gasteiger charge is -2.24. The number of carbonyl (C=O) groups is 1. The van der Waals surface area contributed by atoms with Gasteiger partial charge in [-0.15, -0.1) is 0 Å². The van der Waals surface area contributed by atoms with E-state index < -0.39 is 0 Å². The summed E-state index contributed by atoms with van der Waals surface area (Å²) in [6.45, 7) is 2.40. The third kappa shape index (κ3) is 3.42. The van der Waals surface area contributed by atoms with Crippen molar-refractivity contribution in [3.05, 3.63) is 54.6 Å². The van der Waals surface area contributed by atoms with Crippen LogP contribution in [0.5, 0.6) is 0 Å². The van der Waals surface area contributed by atoms with E-state index in [4.69, 9.17) is 0 Å². The van der Waals surface area contributed by atoms with Crippen molar-refractivity contribution < 1.29 is 4.79 Å². The summed E-state index contributed by atoms with van der Waals surface area (Å²) in [4.78, 5) is 18.3. The van der Waals surface area contributed by atoms with Crippen LogP contribution in [0.15, 0.2) is 49.1 Å². The first-order valence-corrected chi connectivity index (χ1v) is 7.39. The molecule has 0 bridgehead atoms. The summed E-state index contributed by atoms with van der Waals surface area (Å²) in [5, 5.41) is 3.15. The first-order valence-electron chi connectivity index (χ1n) is 7.39. The van der Waals surface area contributed by atoms with E-state index in [1.54, 1.807) is 12.5 Å². The molecule has 2 aromatic rings. The topological polar surface area (TPSA) is 50.2 Å². The molecule has 1 fully saturated rings. The molecule has 0 radical (unpaired) electrons. The number of nitrogens with zero attached hydrogens (tertiary/aromatic N) is 3. The first-order chi connectivity index (χ1) is 10.3. The molecule has 0 spiro atoms. The van der Waals surface area contributed by atoms with Crippen LogP contribution >= 0.6 is 0 Å². The summed E-state index contributed by atoms with van der Waals surface area (Å²) < 4.78 is 1.99. The van der Waals surface area contributed by atoms with Gasteiger partial charge in [-0.2, -0.15) is 0 Å². The summed E-state index contributed by atoms with van der Waals surface area (Å²) in [6, 6.07) is 10.1. The molecule has 1 saturated heterocycles. The minimum atomic E-state index is -0.0477. The van der Waals surface area contributed by atoms with Gasteiger partial charge in [-0.25, -0.2) is 9.78 Å². The minimum absolute atomic E-state index is 0.0291. The van der Waals surface area contributed by atoms with Crippen molar-refractivity contribution in [1.29, 1.82) is 0 Å². The maximum atomic E-state index is 12.3. The summed E-state index contributed by atoms with van der Waals surface area (Å²) in [5.74, 6) is 0. The highest BCUT2D eigenvalue weighted by Crippen LogP contribution is 2.16. The second-order valence-electron chi connectivity index (χ2n) is 5.37. The van der Waals surface area contributed by atoms with Crippen LogP contribution in [-0.2, 0) is 6.54 Å². The molecular weight excluding hydrogens is 264 g/mol. The highest BCUT2D eigenvalue weighted by Gasteiger charge is 2.21. The lowest BCUT2D eigenvalue weighted by atomic mass is 10.1. The Hall–Kier alpha value is -2.30. The zero-order valence-electron chi connectivity index (χ0n) is 12.0. The molecular formula is C16H20N4O. The number of hydrogen-bond acceptors (Lipinski definition) is 2. The molecule has 5 nitrogen and oxygen atoms in total. The van der Waals surface area contributed by atoms with Gasteiger partial charge < -0.3 is 14.8 Å². The molecule has 1 aromatic heterocycles. The van der Waals surface area contributed by atoms with Gasteiger partial charge in [-0.3, -0.25) is 0 Å². The molecule has 3 rings (SSSR count). The molecule has 1 aliphatic rings. The Kier molecular flexibility index (Phi) is 4.19. The monoisotopic (exact) mass is 284 g/mol. The van der Waals surface area contributed by atoms with Crippen molar-refractivity contribution >= 4 is 6.03 Å². The average molecular weight is 284 g/mol. The van der Waals surface area contributed by atoms with Crippen LogP contribution < -0.4 is 5.32 Å². The van der Waals surface area contributed by atoms with Crippen molar-refractivity contribution in [2.45, 2.75) is 25.4 Å². The maximum absolute atomic E-state index is 12.3. The number of likely N-dealkylation sites (tertiary alicyclic amines) is 1. The largest absolute Gasteiger partial charge is 0.335 e. The number of urea groups is 1. The molecule has 5 heteroatoms. The molecule has 21 heavy (non-hydrogen) atoms. The summed E-state index contributed by atoms with van der Waals surface area (Å²) in [5.41, 5.74) is 1.11. The molecule has 1 atom stereocenters. The smallest absolute Gasteiger partial charge is 0.317 e. The molecule has 1 aromatic carbocycles. The SMILES string of the molecule is O=C(N[C@@H](Cn1ccnc1)c1ccccc1)N1CCCC1. The van der Waals surface area contributed by atoms with Crippen molar-refractivity contribution in [3.63, 3.8) is 0 Å². The fourth-order valence-electron chi connectivity index (χ4n) is 2.69. The predicted molar refractivity (Wildman–Crippen MR) is 80.7 cm³/mol. The standard InChI is InChI=1S/C16H20N4O/c21-16(20-9-4-5-10-20)18-15(12-19-11-8-17-13-19)14-6-2-1-3-7-14/h1-3,6-8,11,13,15H,4-5,9-10,12H2,(H,18,21)/t15-/m0/s1. The lowest BCUT2D eigenvalue weighted by molar-refractivity contribution is 0.203. The second kappa shape index (κ2) is 6.43. The average Bonchev–Trinajstić information content (AvgIpc) is 3.21. The van der Waals surface area contributed by atoms with Gasteiger partial charge in [0.2, 0.25) is 0 Å². The van der Waals surface area contributed by atoms with Crippen molar-refractivity contribution in [2.75, 3.05) is 13.1 Å². The van der Waals surface area contributed by atoms with Gasteiger partial charge in [0, 0.05) is 32.0 Å². The molecule has 110 valence electrons. The third-order valence-corrected chi connectivity index (χ3v) is 3.85. The number of rotatable bonds is 4. The predicted octanol–water partition coefficient (Wildman–Crippen LogP) is 2.43. The molecule has 2 heterocycles. The molecule has 1 aliphatic heterocycles. The van der Waals surface area contributed by atoms with E-state index in [1.165, 1.54) is 0 Å². The van der Waals surface area contributed by atoms with E-state index in [1.807, 2.05) is 46.0 Å². The van der Waals surface area contributed by atoms with Gasteiger partial charge in [-0.05, 0) is 18.4 Å². The molecule has 1 N–H and O–H groups in total.